The molecule has 0 aliphatic carbocycles. The Morgan fingerprint density at radius 1 is 0.900 bits per heavy atom. The standard InChI is InChI=1S/C31H31N5O4/c1-18-11-13-25(19(2)15-18)35-31(38)27-20(3)33-29-24(30(37)34-21-9-7-6-8-10-21)17-32-36(29)28(27)23-16-22(39-4)12-14-26(23)40-5/h6-17,28,33H,1-5H3,(H,34,37)(H,35,38). The lowest BCUT2D eigenvalue weighted by Gasteiger charge is -2.31. The number of amides is 2. The molecule has 0 saturated heterocycles. The topological polar surface area (TPSA) is 107 Å². The van der Waals surface area contributed by atoms with Crippen LogP contribution in [0.3, 0.4) is 0 Å². The van der Waals surface area contributed by atoms with Crippen molar-refractivity contribution in [3.05, 3.63) is 106 Å². The first kappa shape index (κ1) is 26.6. The van der Waals surface area contributed by atoms with Gasteiger partial charge in [0.25, 0.3) is 11.8 Å². The molecule has 2 heterocycles. The maximum Gasteiger partial charge on any atom is 0.261 e. The normalized spacial score (nSPS) is 14.2. The summed E-state index contributed by atoms with van der Waals surface area (Å²) in [5.74, 6) is 0.977. The molecule has 1 atom stereocenters. The van der Waals surface area contributed by atoms with Crippen LogP contribution in [0, 0.1) is 13.8 Å². The number of nitrogens with one attached hydrogen (secondary N) is 3. The van der Waals surface area contributed by atoms with Crippen molar-refractivity contribution in [2.75, 3.05) is 30.2 Å². The van der Waals surface area contributed by atoms with Crippen molar-refractivity contribution < 1.29 is 19.1 Å². The Morgan fingerprint density at radius 2 is 1.68 bits per heavy atom. The molecule has 40 heavy (non-hydrogen) atoms. The van der Waals surface area contributed by atoms with Gasteiger partial charge in [-0.15, -0.1) is 0 Å². The molecule has 9 nitrogen and oxygen atoms in total. The number of allylic oxidation sites excluding steroid dienone is 1. The summed E-state index contributed by atoms with van der Waals surface area (Å²) >= 11 is 0. The molecule has 204 valence electrons. The molecule has 9 heteroatoms. The summed E-state index contributed by atoms with van der Waals surface area (Å²) in [5.41, 5.74) is 5.43. The number of fused-ring (bicyclic) bond motifs is 1. The highest BCUT2D eigenvalue weighted by Crippen LogP contribution is 2.42. The second kappa shape index (κ2) is 11.0. The van der Waals surface area contributed by atoms with E-state index in [1.54, 1.807) is 31.0 Å². The van der Waals surface area contributed by atoms with Crippen LogP contribution in [0.2, 0.25) is 0 Å². The van der Waals surface area contributed by atoms with Gasteiger partial charge >= 0.3 is 0 Å². The molecule has 1 aromatic heterocycles. The largest absolute Gasteiger partial charge is 0.497 e. The second-order valence-corrected chi connectivity index (χ2v) is 9.62. The number of hydrogen-bond donors (Lipinski definition) is 3. The Hall–Kier alpha value is -5.05. The van der Waals surface area contributed by atoms with Crippen molar-refractivity contribution in [1.29, 1.82) is 0 Å². The molecule has 0 fully saturated rings. The minimum absolute atomic E-state index is 0.303. The molecule has 1 aliphatic heterocycles. The number of ether oxygens (including phenoxy) is 2. The highest BCUT2D eigenvalue weighted by atomic mass is 16.5. The predicted molar refractivity (Wildman–Crippen MR) is 155 cm³/mol. The summed E-state index contributed by atoms with van der Waals surface area (Å²) in [5, 5.41) is 13.8. The van der Waals surface area contributed by atoms with Gasteiger partial charge in [0.05, 0.1) is 26.0 Å². The summed E-state index contributed by atoms with van der Waals surface area (Å²) in [4.78, 5) is 27.2. The third kappa shape index (κ3) is 5.01. The van der Waals surface area contributed by atoms with Gasteiger partial charge in [0.1, 0.15) is 28.9 Å². The summed E-state index contributed by atoms with van der Waals surface area (Å²) in [7, 11) is 3.15. The fourth-order valence-electron chi connectivity index (χ4n) is 4.92. The third-order valence-electron chi connectivity index (χ3n) is 6.91. The Labute approximate surface area is 232 Å². The predicted octanol–water partition coefficient (Wildman–Crippen LogP) is 5.70. The molecule has 0 bridgehead atoms. The number of hydrogen-bond acceptors (Lipinski definition) is 6. The molecule has 5 rings (SSSR count). The van der Waals surface area contributed by atoms with Gasteiger partial charge in [-0.05, 0) is 62.7 Å². The molecular formula is C31H31N5O4. The average molecular weight is 538 g/mol. The second-order valence-electron chi connectivity index (χ2n) is 9.62. The van der Waals surface area contributed by atoms with E-state index in [4.69, 9.17) is 9.47 Å². The van der Waals surface area contributed by atoms with E-state index in [1.807, 2.05) is 75.4 Å². The van der Waals surface area contributed by atoms with Crippen LogP contribution in [0.1, 0.15) is 40.0 Å². The van der Waals surface area contributed by atoms with Crippen LogP contribution in [-0.4, -0.2) is 35.8 Å². The van der Waals surface area contributed by atoms with E-state index in [-0.39, 0.29) is 11.8 Å². The van der Waals surface area contributed by atoms with E-state index in [0.29, 0.717) is 51.1 Å². The van der Waals surface area contributed by atoms with Crippen molar-refractivity contribution in [2.45, 2.75) is 26.8 Å². The zero-order chi connectivity index (χ0) is 28.4. The van der Waals surface area contributed by atoms with Gasteiger partial charge in [0, 0.05) is 22.6 Å². The van der Waals surface area contributed by atoms with Gasteiger partial charge in [-0.1, -0.05) is 35.9 Å². The van der Waals surface area contributed by atoms with Crippen molar-refractivity contribution in [2.24, 2.45) is 0 Å². The molecule has 4 aromatic rings. The zero-order valence-electron chi connectivity index (χ0n) is 23.0. The van der Waals surface area contributed by atoms with Crippen molar-refractivity contribution in [3.63, 3.8) is 0 Å². The number of anilines is 3. The van der Waals surface area contributed by atoms with Crippen LogP contribution < -0.4 is 25.4 Å². The lowest BCUT2D eigenvalue weighted by Crippen LogP contribution is -2.32. The quantitative estimate of drug-likeness (QED) is 0.279. The van der Waals surface area contributed by atoms with Crippen molar-refractivity contribution in [1.82, 2.24) is 9.78 Å². The smallest absolute Gasteiger partial charge is 0.261 e. The minimum Gasteiger partial charge on any atom is -0.497 e. The maximum atomic E-state index is 13.9. The van der Waals surface area contributed by atoms with E-state index in [2.05, 4.69) is 21.0 Å². The number of nitrogens with zero attached hydrogens (tertiary/aromatic N) is 2. The SMILES string of the molecule is COc1ccc(OC)c(C2C(C(=O)Nc3ccc(C)cc3C)=C(C)Nc3c(C(=O)Nc4ccccc4)cnn32)c1. The number of aryl methyl sites for hydroxylation is 2. The summed E-state index contributed by atoms with van der Waals surface area (Å²) in [6, 6.07) is 19.7. The fraction of sp³-hybridized carbons (Fsp3) is 0.194. The van der Waals surface area contributed by atoms with E-state index < -0.39 is 6.04 Å². The number of benzene rings is 3. The average Bonchev–Trinajstić information content (AvgIpc) is 3.37. The molecule has 0 spiro atoms. The monoisotopic (exact) mass is 537 g/mol. The minimum atomic E-state index is -0.717. The maximum absolute atomic E-state index is 13.9. The Morgan fingerprint density at radius 3 is 2.38 bits per heavy atom. The number of carbonyl (C=O) groups is 2. The van der Waals surface area contributed by atoms with Gasteiger partial charge in [0.2, 0.25) is 0 Å². The molecule has 0 saturated carbocycles. The van der Waals surface area contributed by atoms with Crippen LogP contribution in [-0.2, 0) is 4.79 Å². The Balaban J connectivity index is 1.61. The summed E-state index contributed by atoms with van der Waals surface area (Å²) < 4.78 is 12.9. The fourth-order valence-corrected chi connectivity index (χ4v) is 4.92. The highest BCUT2D eigenvalue weighted by molar-refractivity contribution is 6.09. The number of aromatic nitrogens is 2. The molecular weight excluding hydrogens is 506 g/mol. The highest BCUT2D eigenvalue weighted by Gasteiger charge is 2.37. The van der Waals surface area contributed by atoms with Gasteiger partial charge < -0.3 is 25.4 Å². The number of methoxy groups -OCH3 is 2. The zero-order valence-corrected chi connectivity index (χ0v) is 23.0. The molecule has 0 radical (unpaired) electrons. The van der Waals surface area contributed by atoms with E-state index in [9.17, 15) is 9.59 Å². The third-order valence-corrected chi connectivity index (χ3v) is 6.91. The summed E-state index contributed by atoms with van der Waals surface area (Å²) in [6.07, 6.45) is 1.50. The van der Waals surface area contributed by atoms with Gasteiger partial charge in [-0.25, -0.2) is 4.68 Å². The number of carbonyl (C=O) groups excluding carboxylic acids is 2. The summed E-state index contributed by atoms with van der Waals surface area (Å²) in [6.45, 7) is 5.77. The lowest BCUT2D eigenvalue weighted by molar-refractivity contribution is -0.113. The van der Waals surface area contributed by atoms with E-state index in [0.717, 1.165) is 11.1 Å². The van der Waals surface area contributed by atoms with Crippen molar-refractivity contribution in [3.8, 4) is 11.5 Å². The van der Waals surface area contributed by atoms with Gasteiger partial charge in [-0.3, -0.25) is 9.59 Å². The lowest BCUT2D eigenvalue weighted by atomic mass is 9.93. The van der Waals surface area contributed by atoms with Crippen molar-refractivity contribution >= 4 is 29.0 Å². The van der Waals surface area contributed by atoms with Gasteiger partial charge in [-0.2, -0.15) is 5.10 Å². The molecule has 1 unspecified atom stereocenters. The van der Waals surface area contributed by atoms with Crippen LogP contribution in [0.25, 0.3) is 0 Å². The van der Waals surface area contributed by atoms with Crippen LogP contribution in [0.4, 0.5) is 17.2 Å². The van der Waals surface area contributed by atoms with Crippen LogP contribution in [0.5, 0.6) is 11.5 Å². The number of para-hydroxylation sites is 1. The Kier molecular flexibility index (Phi) is 7.29. The molecule has 1 aliphatic rings. The van der Waals surface area contributed by atoms with Gasteiger partial charge in [0.15, 0.2) is 0 Å². The molecule has 2 amide bonds. The molecule has 3 aromatic carbocycles. The first-order valence-electron chi connectivity index (χ1n) is 12.8. The first-order valence-corrected chi connectivity index (χ1v) is 12.8. The van der Waals surface area contributed by atoms with Crippen LogP contribution in [0.15, 0.2) is 84.2 Å². The first-order chi connectivity index (χ1) is 19.3. The van der Waals surface area contributed by atoms with Crippen LogP contribution >= 0.6 is 0 Å². The number of rotatable bonds is 7. The molecule has 3 N–H and O–H groups in total. The van der Waals surface area contributed by atoms with E-state index >= 15 is 0 Å². The Bertz CT molecular complexity index is 1620. The van der Waals surface area contributed by atoms with E-state index in [1.165, 1.54) is 6.20 Å².